The second-order valence-corrected chi connectivity index (χ2v) is 6.71. The molecule has 0 aliphatic rings. The summed E-state index contributed by atoms with van der Waals surface area (Å²) in [4.78, 5) is 24.0. The molecule has 2 rings (SSSR count). The maximum atomic E-state index is 12.1. The van der Waals surface area contributed by atoms with Gasteiger partial charge in [0.2, 0.25) is 5.91 Å². The zero-order chi connectivity index (χ0) is 16.8. The van der Waals surface area contributed by atoms with Gasteiger partial charge in [-0.25, -0.2) is 4.79 Å². The SMILES string of the molecule is Cc1ccc(SC(C)C(=O)NCc2ccc(C(=O)O)cc2)cc1. The number of aromatic carboxylic acids is 1. The fourth-order valence-electron chi connectivity index (χ4n) is 1.97. The molecule has 0 heterocycles. The first-order valence-electron chi connectivity index (χ1n) is 7.29. The Labute approximate surface area is 139 Å². The highest BCUT2D eigenvalue weighted by atomic mass is 32.2. The number of carbonyl (C=O) groups is 2. The van der Waals surface area contributed by atoms with E-state index in [0.717, 1.165) is 10.5 Å². The van der Waals surface area contributed by atoms with Crippen LogP contribution in [-0.4, -0.2) is 22.2 Å². The van der Waals surface area contributed by atoms with Crippen LogP contribution in [0.25, 0.3) is 0 Å². The van der Waals surface area contributed by atoms with E-state index in [1.54, 1.807) is 12.1 Å². The quantitative estimate of drug-likeness (QED) is 0.796. The number of benzene rings is 2. The Balaban J connectivity index is 1.86. The van der Waals surface area contributed by atoms with Crippen LogP contribution in [0.2, 0.25) is 0 Å². The van der Waals surface area contributed by atoms with Crippen LogP contribution in [0, 0.1) is 6.92 Å². The lowest BCUT2D eigenvalue weighted by molar-refractivity contribution is -0.120. The van der Waals surface area contributed by atoms with E-state index in [-0.39, 0.29) is 16.7 Å². The lowest BCUT2D eigenvalue weighted by Crippen LogP contribution is -2.30. The highest BCUT2D eigenvalue weighted by Gasteiger charge is 2.14. The van der Waals surface area contributed by atoms with E-state index >= 15 is 0 Å². The van der Waals surface area contributed by atoms with E-state index in [1.807, 2.05) is 38.1 Å². The molecule has 0 spiro atoms. The van der Waals surface area contributed by atoms with Crippen molar-refractivity contribution in [2.75, 3.05) is 0 Å². The van der Waals surface area contributed by atoms with Crippen LogP contribution in [0.3, 0.4) is 0 Å². The highest BCUT2D eigenvalue weighted by Crippen LogP contribution is 2.23. The topological polar surface area (TPSA) is 66.4 Å². The molecule has 23 heavy (non-hydrogen) atoms. The first-order chi connectivity index (χ1) is 11.0. The summed E-state index contributed by atoms with van der Waals surface area (Å²) in [5.41, 5.74) is 2.30. The van der Waals surface area contributed by atoms with Crippen LogP contribution >= 0.6 is 11.8 Å². The van der Waals surface area contributed by atoms with Crippen LogP contribution in [0.4, 0.5) is 0 Å². The van der Waals surface area contributed by atoms with Gasteiger partial charge in [-0.15, -0.1) is 11.8 Å². The molecule has 0 aliphatic carbocycles. The van der Waals surface area contributed by atoms with Gasteiger partial charge in [-0.05, 0) is 43.7 Å². The van der Waals surface area contributed by atoms with Gasteiger partial charge in [0.25, 0.3) is 0 Å². The number of rotatable bonds is 6. The van der Waals surface area contributed by atoms with Crippen LogP contribution in [0.1, 0.15) is 28.4 Å². The number of carboxylic acids is 1. The van der Waals surface area contributed by atoms with Gasteiger partial charge in [-0.3, -0.25) is 4.79 Å². The summed E-state index contributed by atoms with van der Waals surface area (Å²) in [7, 11) is 0. The number of thioether (sulfide) groups is 1. The third kappa shape index (κ3) is 5.14. The van der Waals surface area contributed by atoms with Crippen LogP contribution in [0.15, 0.2) is 53.4 Å². The van der Waals surface area contributed by atoms with Gasteiger partial charge in [0.15, 0.2) is 0 Å². The maximum absolute atomic E-state index is 12.1. The lowest BCUT2D eigenvalue weighted by Gasteiger charge is -2.12. The van der Waals surface area contributed by atoms with Gasteiger partial charge in [-0.2, -0.15) is 0 Å². The molecule has 2 N–H and O–H groups in total. The first-order valence-corrected chi connectivity index (χ1v) is 8.17. The molecular weight excluding hydrogens is 310 g/mol. The third-order valence-corrected chi connectivity index (χ3v) is 4.48. The van der Waals surface area contributed by atoms with Gasteiger partial charge in [0.1, 0.15) is 0 Å². The van der Waals surface area contributed by atoms with Crippen LogP contribution in [0.5, 0.6) is 0 Å². The Hall–Kier alpha value is -2.27. The Morgan fingerprint density at radius 1 is 1.09 bits per heavy atom. The van der Waals surface area contributed by atoms with E-state index in [1.165, 1.54) is 29.5 Å². The maximum Gasteiger partial charge on any atom is 0.335 e. The Kier molecular flexibility index (Phi) is 5.82. The molecule has 0 aliphatic heterocycles. The number of aryl methyl sites for hydroxylation is 1. The highest BCUT2D eigenvalue weighted by molar-refractivity contribution is 8.00. The van der Waals surface area contributed by atoms with Crippen molar-refractivity contribution in [2.24, 2.45) is 0 Å². The Morgan fingerprint density at radius 3 is 2.26 bits per heavy atom. The summed E-state index contributed by atoms with van der Waals surface area (Å²) in [5.74, 6) is -0.999. The molecule has 0 radical (unpaired) electrons. The summed E-state index contributed by atoms with van der Waals surface area (Å²) in [6.45, 7) is 4.28. The number of amides is 1. The zero-order valence-electron chi connectivity index (χ0n) is 13.1. The van der Waals surface area contributed by atoms with Crippen molar-refractivity contribution in [1.82, 2.24) is 5.32 Å². The molecule has 5 heteroatoms. The molecule has 0 saturated heterocycles. The Bertz CT molecular complexity index is 680. The van der Waals surface area contributed by atoms with E-state index in [4.69, 9.17) is 5.11 Å². The van der Waals surface area contributed by atoms with Gasteiger partial charge in [0.05, 0.1) is 10.8 Å². The normalized spacial score (nSPS) is 11.7. The van der Waals surface area contributed by atoms with E-state index < -0.39 is 5.97 Å². The molecule has 0 fully saturated rings. The van der Waals surface area contributed by atoms with Gasteiger partial charge in [0, 0.05) is 11.4 Å². The minimum absolute atomic E-state index is 0.0436. The average molecular weight is 329 g/mol. The van der Waals surface area contributed by atoms with Crippen molar-refractivity contribution >= 4 is 23.6 Å². The average Bonchev–Trinajstić information content (AvgIpc) is 2.55. The molecule has 2 aromatic carbocycles. The zero-order valence-corrected chi connectivity index (χ0v) is 13.9. The fourth-order valence-corrected chi connectivity index (χ4v) is 2.86. The summed E-state index contributed by atoms with van der Waals surface area (Å²) in [6.07, 6.45) is 0. The minimum atomic E-state index is -0.955. The van der Waals surface area contributed by atoms with E-state index in [9.17, 15) is 9.59 Å². The molecule has 4 nitrogen and oxygen atoms in total. The standard InChI is InChI=1S/C18H19NO3S/c1-12-3-9-16(10-4-12)23-13(2)17(20)19-11-14-5-7-15(8-6-14)18(21)22/h3-10,13H,11H2,1-2H3,(H,19,20)(H,21,22). The molecule has 0 aromatic heterocycles. The van der Waals surface area contributed by atoms with Gasteiger partial charge < -0.3 is 10.4 Å². The molecule has 120 valence electrons. The summed E-state index contributed by atoms with van der Waals surface area (Å²) in [6, 6.07) is 14.6. The minimum Gasteiger partial charge on any atom is -0.478 e. The molecule has 1 atom stereocenters. The predicted molar refractivity (Wildman–Crippen MR) is 91.7 cm³/mol. The van der Waals surface area contributed by atoms with Crippen molar-refractivity contribution in [3.05, 3.63) is 65.2 Å². The molecule has 2 aromatic rings. The lowest BCUT2D eigenvalue weighted by atomic mass is 10.1. The number of hydrogen-bond donors (Lipinski definition) is 2. The van der Waals surface area contributed by atoms with Crippen molar-refractivity contribution in [1.29, 1.82) is 0 Å². The van der Waals surface area contributed by atoms with Crippen LogP contribution < -0.4 is 5.32 Å². The van der Waals surface area contributed by atoms with Crippen LogP contribution in [-0.2, 0) is 11.3 Å². The van der Waals surface area contributed by atoms with Crippen molar-refractivity contribution in [2.45, 2.75) is 30.5 Å². The monoisotopic (exact) mass is 329 g/mol. The second kappa shape index (κ2) is 7.83. The third-order valence-electron chi connectivity index (χ3n) is 3.37. The van der Waals surface area contributed by atoms with E-state index in [0.29, 0.717) is 6.54 Å². The number of nitrogens with one attached hydrogen (secondary N) is 1. The number of hydrogen-bond acceptors (Lipinski definition) is 3. The molecule has 0 saturated carbocycles. The summed E-state index contributed by atoms with van der Waals surface area (Å²) < 4.78 is 0. The van der Waals surface area contributed by atoms with Gasteiger partial charge >= 0.3 is 5.97 Å². The molecule has 1 amide bonds. The Morgan fingerprint density at radius 2 is 1.70 bits per heavy atom. The van der Waals surface area contributed by atoms with E-state index in [2.05, 4.69) is 5.32 Å². The number of carbonyl (C=O) groups excluding carboxylic acids is 1. The fraction of sp³-hybridized carbons (Fsp3) is 0.222. The smallest absolute Gasteiger partial charge is 0.335 e. The van der Waals surface area contributed by atoms with Crippen molar-refractivity contribution in [3.63, 3.8) is 0 Å². The number of carboxylic acid groups (broad SMARTS) is 1. The first kappa shape index (κ1) is 17.1. The van der Waals surface area contributed by atoms with Crippen molar-refractivity contribution < 1.29 is 14.7 Å². The van der Waals surface area contributed by atoms with Crippen molar-refractivity contribution in [3.8, 4) is 0 Å². The largest absolute Gasteiger partial charge is 0.478 e. The second-order valence-electron chi connectivity index (χ2n) is 5.29. The molecule has 1 unspecified atom stereocenters. The summed E-state index contributed by atoms with van der Waals surface area (Å²) in [5, 5.41) is 11.5. The molecular formula is C18H19NO3S. The van der Waals surface area contributed by atoms with Gasteiger partial charge in [-0.1, -0.05) is 29.8 Å². The summed E-state index contributed by atoms with van der Waals surface area (Å²) >= 11 is 1.51. The molecule has 0 bridgehead atoms. The predicted octanol–water partition coefficient (Wildman–Crippen LogP) is 3.49.